The van der Waals surface area contributed by atoms with E-state index in [0.717, 1.165) is 0 Å². The van der Waals surface area contributed by atoms with E-state index in [1.165, 1.54) is 21.4 Å². The molecule has 2 aliphatic rings. The minimum atomic E-state index is -3.59. The highest BCUT2D eigenvalue weighted by molar-refractivity contribution is 8.19. The summed E-state index contributed by atoms with van der Waals surface area (Å²) in [4.78, 5) is 12.9. The van der Waals surface area contributed by atoms with Crippen LogP contribution < -0.4 is 9.47 Å². The van der Waals surface area contributed by atoms with E-state index in [1.54, 1.807) is 24.3 Å². The minimum absolute atomic E-state index is 0.237. The zero-order valence-electron chi connectivity index (χ0n) is 17.9. The maximum atomic E-state index is 12.9. The number of carbonyl (C=O) groups excluding carboxylic acids is 1. The summed E-state index contributed by atoms with van der Waals surface area (Å²) in [5.41, 5.74) is 1.24. The molecule has 2 heterocycles. The molecule has 0 N–H and O–H groups in total. The zero-order valence-corrected chi connectivity index (χ0v) is 20.4. The molecule has 32 heavy (non-hydrogen) atoms. The molecule has 6 nitrogen and oxygen atoms in total. The molecule has 0 saturated carbocycles. The van der Waals surface area contributed by atoms with E-state index < -0.39 is 10.0 Å². The van der Waals surface area contributed by atoms with E-state index in [4.69, 9.17) is 9.47 Å². The lowest BCUT2D eigenvalue weighted by atomic mass is 9.98. The summed E-state index contributed by atoms with van der Waals surface area (Å²) >= 11 is 3.87. The molecule has 0 aliphatic carbocycles. The van der Waals surface area contributed by atoms with Crippen LogP contribution in [-0.4, -0.2) is 49.9 Å². The Balaban J connectivity index is 1.31. The SMILES string of the molecule is CCOc1ccc(S(=O)(=O)N2CCC(C(=O)Oc3ccc(C4SCCS4)cc3)CC2)cc1. The molecule has 0 unspecified atom stereocenters. The molecule has 0 atom stereocenters. The third-order valence-electron chi connectivity index (χ3n) is 5.55. The Morgan fingerprint density at radius 2 is 1.56 bits per heavy atom. The monoisotopic (exact) mass is 493 g/mol. The van der Waals surface area contributed by atoms with Crippen LogP contribution in [0.3, 0.4) is 0 Å². The second-order valence-electron chi connectivity index (χ2n) is 7.65. The minimum Gasteiger partial charge on any atom is -0.494 e. The Morgan fingerprint density at radius 1 is 0.969 bits per heavy atom. The molecule has 0 aromatic heterocycles. The van der Waals surface area contributed by atoms with E-state index in [2.05, 4.69) is 0 Å². The van der Waals surface area contributed by atoms with E-state index in [1.807, 2.05) is 54.7 Å². The van der Waals surface area contributed by atoms with Crippen molar-refractivity contribution >= 4 is 39.5 Å². The van der Waals surface area contributed by atoms with Crippen molar-refractivity contribution in [3.8, 4) is 11.5 Å². The number of piperidine rings is 1. The van der Waals surface area contributed by atoms with E-state index in [9.17, 15) is 13.2 Å². The van der Waals surface area contributed by atoms with Crippen molar-refractivity contribution in [2.75, 3.05) is 31.2 Å². The van der Waals surface area contributed by atoms with Gasteiger partial charge in [-0.1, -0.05) is 12.1 Å². The van der Waals surface area contributed by atoms with Crippen molar-refractivity contribution in [2.24, 2.45) is 5.92 Å². The number of sulfonamides is 1. The van der Waals surface area contributed by atoms with Crippen molar-refractivity contribution in [3.05, 3.63) is 54.1 Å². The molecule has 2 aliphatic heterocycles. The summed E-state index contributed by atoms with van der Waals surface area (Å²) in [6.45, 7) is 3.00. The fourth-order valence-corrected chi connectivity index (χ4v) is 8.13. The van der Waals surface area contributed by atoms with Gasteiger partial charge in [-0.05, 0) is 61.7 Å². The molecular weight excluding hydrogens is 466 g/mol. The van der Waals surface area contributed by atoms with Crippen molar-refractivity contribution in [2.45, 2.75) is 29.2 Å². The first-order valence-corrected chi connectivity index (χ1v) is 14.3. The largest absolute Gasteiger partial charge is 0.494 e. The molecular formula is C23H27NO5S3. The number of ether oxygens (including phenoxy) is 2. The molecule has 0 bridgehead atoms. The summed E-state index contributed by atoms with van der Waals surface area (Å²) < 4.78 is 38.7. The highest BCUT2D eigenvalue weighted by Gasteiger charge is 2.33. The van der Waals surface area contributed by atoms with Crippen LogP contribution in [-0.2, 0) is 14.8 Å². The summed E-state index contributed by atoms with van der Waals surface area (Å²) in [5.74, 6) is 2.92. The molecule has 0 spiro atoms. The average molecular weight is 494 g/mol. The van der Waals surface area contributed by atoms with Gasteiger partial charge in [0.2, 0.25) is 10.0 Å². The van der Waals surface area contributed by atoms with Crippen LogP contribution in [0.15, 0.2) is 53.4 Å². The lowest BCUT2D eigenvalue weighted by Crippen LogP contribution is -2.41. The lowest BCUT2D eigenvalue weighted by molar-refractivity contribution is -0.140. The highest BCUT2D eigenvalue weighted by atomic mass is 32.2. The van der Waals surface area contributed by atoms with Crippen LogP contribution in [0.2, 0.25) is 0 Å². The van der Waals surface area contributed by atoms with Crippen molar-refractivity contribution < 1.29 is 22.7 Å². The zero-order chi connectivity index (χ0) is 22.6. The van der Waals surface area contributed by atoms with Gasteiger partial charge in [-0.25, -0.2) is 8.42 Å². The predicted octanol–water partition coefficient (Wildman–Crippen LogP) is 4.57. The molecule has 0 amide bonds. The summed E-state index contributed by atoms with van der Waals surface area (Å²) in [5, 5.41) is 0. The Kier molecular flexibility index (Phi) is 7.70. The number of hydrogen-bond acceptors (Lipinski definition) is 7. The maximum Gasteiger partial charge on any atom is 0.314 e. The fraction of sp³-hybridized carbons (Fsp3) is 0.435. The first-order valence-electron chi connectivity index (χ1n) is 10.8. The van der Waals surface area contributed by atoms with Gasteiger partial charge in [-0.3, -0.25) is 4.79 Å². The maximum absolute atomic E-state index is 12.9. The standard InChI is InChI=1S/C23H27NO5S3/c1-2-28-19-7-9-21(10-8-19)32(26,27)24-13-11-17(12-14-24)22(25)29-20-5-3-18(4-6-20)23-30-15-16-31-23/h3-10,17,23H,2,11-16H2,1H3. The Bertz CT molecular complexity index is 1010. The number of carbonyl (C=O) groups is 1. The number of benzene rings is 2. The van der Waals surface area contributed by atoms with Crippen LogP contribution >= 0.6 is 23.5 Å². The smallest absolute Gasteiger partial charge is 0.314 e. The second-order valence-corrected chi connectivity index (χ2v) is 12.3. The van der Waals surface area contributed by atoms with Crippen molar-refractivity contribution in [1.29, 1.82) is 0 Å². The van der Waals surface area contributed by atoms with E-state index in [0.29, 0.717) is 48.6 Å². The van der Waals surface area contributed by atoms with Gasteiger partial charge in [-0.2, -0.15) is 4.31 Å². The van der Waals surface area contributed by atoms with Crippen molar-refractivity contribution in [3.63, 3.8) is 0 Å². The van der Waals surface area contributed by atoms with E-state index in [-0.39, 0.29) is 16.8 Å². The molecule has 2 saturated heterocycles. The lowest BCUT2D eigenvalue weighted by Gasteiger charge is -2.30. The quantitative estimate of drug-likeness (QED) is 0.413. The number of rotatable bonds is 7. The Morgan fingerprint density at radius 3 is 2.16 bits per heavy atom. The predicted molar refractivity (Wildman–Crippen MR) is 129 cm³/mol. The van der Waals surface area contributed by atoms with Crippen LogP contribution in [0.5, 0.6) is 11.5 Å². The van der Waals surface area contributed by atoms with Crippen molar-refractivity contribution in [1.82, 2.24) is 4.31 Å². The first kappa shape index (κ1) is 23.5. The number of thioether (sulfide) groups is 2. The molecule has 4 rings (SSSR count). The second kappa shape index (κ2) is 10.5. The fourth-order valence-electron chi connectivity index (χ4n) is 3.80. The summed E-state index contributed by atoms with van der Waals surface area (Å²) in [6.07, 6.45) is 0.894. The van der Waals surface area contributed by atoms with Gasteiger partial charge in [0.15, 0.2) is 0 Å². The van der Waals surface area contributed by atoms with Gasteiger partial charge < -0.3 is 9.47 Å². The molecule has 9 heteroatoms. The Hall–Kier alpha value is -1.68. The van der Waals surface area contributed by atoms with Gasteiger partial charge >= 0.3 is 5.97 Å². The highest BCUT2D eigenvalue weighted by Crippen LogP contribution is 2.45. The third kappa shape index (κ3) is 5.44. The third-order valence-corrected chi connectivity index (χ3v) is 10.6. The van der Waals surface area contributed by atoms with Gasteiger partial charge in [0.1, 0.15) is 11.5 Å². The molecule has 2 aromatic carbocycles. The number of hydrogen-bond donors (Lipinski definition) is 0. The Labute approximate surface area is 198 Å². The van der Waals surface area contributed by atoms with Crippen LogP contribution in [0.1, 0.15) is 29.9 Å². The van der Waals surface area contributed by atoms with Crippen LogP contribution in [0.4, 0.5) is 0 Å². The van der Waals surface area contributed by atoms with Gasteiger partial charge in [0.05, 0.1) is 22.0 Å². The van der Waals surface area contributed by atoms with Gasteiger partial charge in [0.25, 0.3) is 0 Å². The topological polar surface area (TPSA) is 72.9 Å². The van der Waals surface area contributed by atoms with E-state index >= 15 is 0 Å². The molecule has 0 radical (unpaired) electrons. The molecule has 172 valence electrons. The van der Waals surface area contributed by atoms with Crippen LogP contribution in [0.25, 0.3) is 0 Å². The summed E-state index contributed by atoms with van der Waals surface area (Å²) in [6, 6.07) is 14.2. The summed E-state index contributed by atoms with van der Waals surface area (Å²) in [7, 11) is -3.59. The number of esters is 1. The normalized spacial score (nSPS) is 18.5. The number of nitrogens with zero attached hydrogens (tertiary/aromatic N) is 1. The average Bonchev–Trinajstić information content (AvgIpc) is 3.35. The first-order chi connectivity index (χ1) is 15.5. The van der Waals surface area contributed by atoms with Gasteiger partial charge in [-0.15, -0.1) is 23.5 Å². The van der Waals surface area contributed by atoms with Gasteiger partial charge in [0, 0.05) is 24.6 Å². The molecule has 2 fully saturated rings. The molecule has 2 aromatic rings. The van der Waals surface area contributed by atoms with Crippen LogP contribution in [0, 0.1) is 5.92 Å².